The van der Waals surface area contributed by atoms with Crippen molar-refractivity contribution in [3.8, 4) is 0 Å². The van der Waals surface area contributed by atoms with Crippen molar-refractivity contribution in [1.29, 1.82) is 0 Å². The van der Waals surface area contributed by atoms with E-state index in [0.29, 0.717) is 0 Å². The molecule has 0 atom stereocenters. The predicted octanol–water partition coefficient (Wildman–Crippen LogP) is -1.08. The maximum absolute atomic E-state index is 10.7. The third-order valence-corrected chi connectivity index (χ3v) is 1.31. The van der Waals surface area contributed by atoms with E-state index in [-0.39, 0.29) is 19.0 Å². The molecular formula is C6H7NO4. The van der Waals surface area contributed by atoms with E-state index < -0.39 is 11.9 Å². The molecule has 0 aromatic heterocycles. The van der Waals surface area contributed by atoms with Crippen LogP contribution in [0.15, 0.2) is 0 Å². The highest BCUT2D eigenvalue weighted by Gasteiger charge is 2.25. The average molecular weight is 157 g/mol. The molecule has 1 saturated heterocycles. The van der Waals surface area contributed by atoms with Crippen molar-refractivity contribution in [2.75, 3.05) is 13.1 Å². The minimum Gasteiger partial charge on any atom is -0.390 e. The summed E-state index contributed by atoms with van der Waals surface area (Å²) in [6.45, 7) is 1.05. The van der Waals surface area contributed by atoms with Crippen LogP contribution in [0.3, 0.4) is 0 Å². The van der Waals surface area contributed by atoms with Crippen molar-refractivity contribution in [3.63, 3.8) is 0 Å². The summed E-state index contributed by atoms with van der Waals surface area (Å²) < 4.78 is 4.19. The molecule has 1 heterocycles. The lowest BCUT2D eigenvalue weighted by Gasteiger charge is -2.22. The lowest BCUT2D eigenvalue weighted by atomic mass is 10.4. The molecule has 5 nitrogen and oxygen atoms in total. The van der Waals surface area contributed by atoms with Gasteiger partial charge in [0.2, 0.25) is 5.91 Å². The van der Waals surface area contributed by atoms with Crippen molar-refractivity contribution < 1.29 is 19.1 Å². The first kappa shape index (κ1) is 7.71. The van der Waals surface area contributed by atoms with Gasteiger partial charge in [0.15, 0.2) is 0 Å². The second-order valence-electron chi connectivity index (χ2n) is 2.22. The largest absolute Gasteiger partial charge is 0.390 e. The molecule has 0 bridgehead atoms. The number of esters is 2. The molecular weight excluding hydrogens is 150 g/mol. The molecule has 1 fully saturated rings. The number of nitrogens with zero attached hydrogens (tertiary/aromatic N) is 1. The highest BCUT2D eigenvalue weighted by Crippen LogP contribution is 1.99. The van der Waals surface area contributed by atoms with Gasteiger partial charge in [0, 0.05) is 6.92 Å². The van der Waals surface area contributed by atoms with Crippen LogP contribution in [-0.2, 0) is 19.1 Å². The van der Waals surface area contributed by atoms with Crippen LogP contribution in [-0.4, -0.2) is 35.8 Å². The first-order valence-corrected chi connectivity index (χ1v) is 3.08. The molecule has 11 heavy (non-hydrogen) atoms. The number of carbonyl (C=O) groups is 3. The molecule has 0 aromatic carbocycles. The number of hydrogen-bond donors (Lipinski definition) is 0. The summed E-state index contributed by atoms with van der Waals surface area (Å²) >= 11 is 0. The van der Waals surface area contributed by atoms with Crippen LogP contribution in [0.4, 0.5) is 0 Å². The minimum atomic E-state index is -0.670. The lowest BCUT2D eigenvalue weighted by Crippen LogP contribution is -2.45. The number of cyclic esters (lactones) is 2. The van der Waals surface area contributed by atoms with Gasteiger partial charge in [-0.1, -0.05) is 0 Å². The van der Waals surface area contributed by atoms with E-state index in [4.69, 9.17) is 0 Å². The highest BCUT2D eigenvalue weighted by atomic mass is 16.6. The van der Waals surface area contributed by atoms with Crippen molar-refractivity contribution >= 4 is 17.8 Å². The van der Waals surface area contributed by atoms with Crippen molar-refractivity contribution in [2.24, 2.45) is 0 Å². The first-order chi connectivity index (χ1) is 5.09. The van der Waals surface area contributed by atoms with E-state index in [9.17, 15) is 14.4 Å². The Hall–Kier alpha value is -1.39. The predicted molar refractivity (Wildman–Crippen MR) is 33.4 cm³/mol. The van der Waals surface area contributed by atoms with Crippen molar-refractivity contribution in [3.05, 3.63) is 0 Å². The molecule has 0 radical (unpaired) electrons. The van der Waals surface area contributed by atoms with Gasteiger partial charge in [-0.15, -0.1) is 0 Å². The SMILES string of the molecule is CC(=O)N1CC(=O)OC(=O)C1. The van der Waals surface area contributed by atoms with Gasteiger partial charge in [0.05, 0.1) is 0 Å². The van der Waals surface area contributed by atoms with Gasteiger partial charge >= 0.3 is 11.9 Å². The van der Waals surface area contributed by atoms with E-state index in [1.807, 2.05) is 0 Å². The van der Waals surface area contributed by atoms with Gasteiger partial charge in [-0.05, 0) is 0 Å². The number of morpholine rings is 1. The molecule has 0 unspecified atom stereocenters. The Morgan fingerprint density at radius 3 is 2.18 bits per heavy atom. The first-order valence-electron chi connectivity index (χ1n) is 3.08. The fraction of sp³-hybridized carbons (Fsp3) is 0.500. The maximum atomic E-state index is 10.7. The summed E-state index contributed by atoms with van der Waals surface area (Å²) in [7, 11) is 0. The van der Waals surface area contributed by atoms with E-state index in [0.717, 1.165) is 4.90 Å². The second-order valence-corrected chi connectivity index (χ2v) is 2.22. The van der Waals surface area contributed by atoms with E-state index in [1.54, 1.807) is 0 Å². The van der Waals surface area contributed by atoms with Crippen LogP contribution in [0.5, 0.6) is 0 Å². The summed E-state index contributed by atoms with van der Waals surface area (Å²) in [4.78, 5) is 32.9. The van der Waals surface area contributed by atoms with Gasteiger partial charge in [-0.3, -0.25) is 4.79 Å². The monoisotopic (exact) mass is 157 g/mol. The van der Waals surface area contributed by atoms with Crippen LogP contribution in [0.25, 0.3) is 0 Å². The van der Waals surface area contributed by atoms with Gasteiger partial charge < -0.3 is 9.64 Å². The number of hydrogen-bond acceptors (Lipinski definition) is 4. The zero-order valence-electron chi connectivity index (χ0n) is 5.99. The normalized spacial score (nSPS) is 18.1. The van der Waals surface area contributed by atoms with Crippen molar-refractivity contribution in [1.82, 2.24) is 4.90 Å². The van der Waals surface area contributed by atoms with E-state index in [2.05, 4.69) is 4.74 Å². The smallest absolute Gasteiger partial charge is 0.333 e. The molecule has 1 aliphatic rings. The van der Waals surface area contributed by atoms with Gasteiger partial charge in [-0.2, -0.15) is 0 Å². The molecule has 0 aliphatic carbocycles. The maximum Gasteiger partial charge on any atom is 0.333 e. The lowest BCUT2D eigenvalue weighted by molar-refractivity contribution is -0.169. The minimum absolute atomic E-state index is 0.124. The van der Waals surface area contributed by atoms with Crippen LogP contribution >= 0.6 is 0 Å². The zero-order valence-corrected chi connectivity index (χ0v) is 5.99. The molecule has 5 heteroatoms. The number of ether oxygens (including phenoxy) is 1. The fourth-order valence-corrected chi connectivity index (χ4v) is 0.782. The Labute approximate surface area is 62.9 Å². The van der Waals surface area contributed by atoms with Crippen molar-refractivity contribution in [2.45, 2.75) is 6.92 Å². The molecule has 0 N–H and O–H groups in total. The zero-order chi connectivity index (χ0) is 8.43. The molecule has 1 rings (SSSR count). The molecule has 0 spiro atoms. The molecule has 0 saturated carbocycles. The topological polar surface area (TPSA) is 63.7 Å². The Morgan fingerprint density at radius 2 is 1.82 bits per heavy atom. The Bertz CT molecular complexity index is 207. The average Bonchev–Trinajstić information content (AvgIpc) is 1.85. The van der Waals surface area contributed by atoms with Gasteiger partial charge in [0.25, 0.3) is 0 Å². The Kier molecular flexibility index (Phi) is 1.89. The highest BCUT2D eigenvalue weighted by molar-refractivity contribution is 5.94. The molecule has 1 aliphatic heterocycles. The quantitative estimate of drug-likeness (QED) is 0.331. The summed E-state index contributed by atoms with van der Waals surface area (Å²) in [5, 5.41) is 0. The standard InChI is InChI=1S/C6H7NO4/c1-4(8)7-2-5(9)11-6(10)3-7/h2-3H2,1H3. The third kappa shape index (κ3) is 1.76. The number of carbonyl (C=O) groups excluding carboxylic acids is 3. The Balaban J connectivity index is 2.63. The van der Waals surface area contributed by atoms with Crippen LogP contribution in [0.1, 0.15) is 6.92 Å². The van der Waals surface area contributed by atoms with Gasteiger partial charge in [0.1, 0.15) is 13.1 Å². The third-order valence-electron chi connectivity index (χ3n) is 1.31. The summed E-state index contributed by atoms with van der Waals surface area (Å²) in [5.74, 6) is -1.64. The molecule has 0 aromatic rings. The van der Waals surface area contributed by atoms with E-state index in [1.165, 1.54) is 6.92 Å². The number of rotatable bonds is 0. The van der Waals surface area contributed by atoms with E-state index >= 15 is 0 Å². The fourth-order valence-electron chi connectivity index (χ4n) is 0.782. The Morgan fingerprint density at radius 1 is 1.36 bits per heavy atom. The van der Waals surface area contributed by atoms with Crippen LogP contribution in [0.2, 0.25) is 0 Å². The summed E-state index contributed by atoms with van der Waals surface area (Å²) in [6, 6.07) is 0. The number of amides is 1. The van der Waals surface area contributed by atoms with Crippen LogP contribution in [0, 0.1) is 0 Å². The summed E-state index contributed by atoms with van der Waals surface area (Å²) in [5.41, 5.74) is 0. The molecule has 1 amide bonds. The molecule has 60 valence electrons. The second kappa shape index (κ2) is 2.69. The summed E-state index contributed by atoms with van der Waals surface area (Å²) in [6.07, 6.45) is 0. The van der Waals surface area contributed by atoms with Crippen LogP contribution < -0.4 is 0 Å². The van der Waals surface area contributed by atoms with Gasteiger partial charge in [-0.25, -0.2) is 9.59 Å².